The number of nitrogens with zero attached hydrogens (tertiary/aromatic N) is 2. The van der Waals surface area contributed by atoms with Gasteiger partial charge in [-0.1, -0.05) is 17.4 Å². The van der Waals surface area contributed by atoms with E-state index in [1.807, 2.05) is 18.2 Å². The number of anilines is 1. The highest BCUT2D eigenvalue weighted by molar-refractivity contribution is 9.10. The molecule has 18 heavy (non-hydrogen) atoms. The van der Waals surface area contributed by atoms with Crippen LogP contribution in [0.3, 0.4) is 0 Å². The molecule has 0 aliphatic rings. The molecule has 3 N–H and O–H groups in total. The van der Waals surface area contributed by atoms with Crippen molar-refractivity contribution in [1.29, 1.82) is 0 Å². The Bertz CT molecular complexity index is 584. The third-order valence-electron chi connectivity index (χ3n) is 2.26. The SMILES string of the molecule is Cc1nc(CNc2ccc(C(N)=S)cc2Br)no1. The summed E-state index contributed by atoms with van der Waals surface area (Å²) in [6.45, 7) is 2.24. The Morgan fingerprint density at radius 1 is 1.56 bits per heavy atom. The molecule has 0 atom stereocenters. The van der Waals surface area contributed by atoms with Crippen LogP contribution in [-0.2, 0) is 6.54 Å². The van der Waals surface area contributed by atoms with E-state index in [1.165, 1.54) is 0 Å². The molecule has 1 heterocycles. The summed E-state index contributed by atoms with van der Waals surface area (Å²) in [6, 6.07) is 5.62. The van der Waals surface area contributed by atoms with E-state index >= 15 is 0 Å². The van der Waals surface area contributed by atoms with E-state index < -0.39 is 0 Å². The molecule has 0 bridgehead atoms. The lowest BCUT2D eigenvalue weighted by molar-refractivity contribution is 0.388. The average Bonchev–Trinajstić information content (AvgIpc) is 2.73. The molecule has 0 fully saturated rings. The molecule has 2 aromatic rings. The van der Waals surface area contributed by atoms with Crippen molar-refractivity contribution in [2.75, 3.05) is 5.32 Å². The molecule has 7 heteroatoms. The second kappa shape index (κ2) is 5.45. The standard InChI is InChI=1S/C11H11BrN4OS/c1-6-15-10(16-17-6)5-14-9-3-2-7(11(13)18)4-8(9)12/h2-4,14H,5H2,1H3,(H2,13,18). The highest BCUT2D eigenvalue weighted by Gasteiger charge is 2.05. The number of aromatic nitrogens is 2. The Hall–Kier alpha value is -1.47. The molecule has 1 aromatic carbocycles. The maximum absolute atomic E-state index is 5.56. The van der Waals surface area contributed by atoms with Crippen molar-refractivity contribution < 1.29 is 4.52 Å². The van der Waals surface area contributed by atoms with Gasteiger partial charge in [0.05, 0.1) is 6.54 Å². The molecule has 0 aliphatic carbocycles. The fourth-order valence-corrected chi connectivity index (χ4v) is 2.05. The summed E-state index contributed by atoms with van der Waals surface area (Å²) >= 11 is 8.37. The normalized spacial score (nSPS) is 10.3. The smallest absolute Gasteiger partial charge is 0.223 e. The van der Waals surface area contributed by atoms with Crippen LogP contribution in [0.4, 0.5) is 5.69 Å². The lowest BCUT2D eigenvalue weighted by atomic mass is 10.2. The van der Waals surface area contributed by atoms with Gasteiger partial charge in [-0.15, -0.1) is 0 Å². The fourth-order valence-electron chi connectivity index (χ4n) is 1.40. The number of thiocarbonyl (C=S) groups is 1. The Morgan fingerprint density at radius 3 is 2.89 bits per heavy atom. The fraction of sp³-hybridized carbons (Fsp3) is 0.182. The van der Waals surface area contributed by atoms with Gasteiger partial charge in [0.1, 0.15) is 4.99 Å². The number of benzene rings is 1. The number of halogens is 1. The molecule has 94 valence electrons. The highest BCUT2D eigenvalue weighted by Crippen LogP contribution is 2.24. The van der Waals surface area contributed by atoms with Crippen LogP contribution in [0.5, 0.6) is 0 Å². The summed E-state index contributed by atoms with van der Waals surface area (Å²) in [5.74, 6) is 1.16. The van der Waals surface area contributed by atoms with Gasteiger partial charge >= 0.3 is 0 Å². The predicted octanol–water partition coefficient (Wildman–Crippen LogP) is 2.39. The second-order valence-electron chi connectivity index (χ2n) is 3.64. The van der Waals surface area contributed by atoms with E-state index in [0.29, 0.717) is 23.2 Å². The number of rotatable bonds is 4. The van der Waals surface area contributed by atoms with E-state index in [-0.39, 0.29) is 0 Å². The van der Waals surface area contributed by atoms with Gasteiger partial charge in [-0.05, 0) is 34.1 Å². The van der Waals surface area contributed by atoms with Crippen LogP contribution in [0.1, 0.15) is 17.3 Å². The maximum atomic E-state index is 5.56. The zero-order valence-corrected chi connectivity index (χ0v) is 12.0. The Labute approximate surface area is 118 Å². The first-order valence-electron chi connectivity index (χ1n) is 5.18. The zero-order chi connectivity index (χ0) is 13.1. The molecule has 0 aliphatic heterocycles. The van der Waals surface area contributed by atoms with Gasteiger partial charge < -0.3 is 15.6 Å². The molecule has 0 amide bonds. The minimum atomic E-state index is 0.371. The first-order chi connectivity index (χ1) is 8.56. The first kappa shape index (κ1) is 13.0. The second-order valence-corrected chi connectivity index (χ2v) is 4.94. The zero-order valence-electron chi connectivity index (χ0n) is 9.61. The lowest BCUT2D eigenvalue weighted by Crippen LogP contribution is -2.09. The summed E-state index contributed by atoms with van der Waals surface area (Å²) in [7, 11) is 0. The molecule has 0 saturated heterocycles. The van der Waals surface area contributed by atoms with E-state index in [2.05, 4.69) is 31.4 Å². The van der Waals surface area contributed by atoms with Gasteiger partial charge in [-0.25, -0.2) is 0 Å². The van der Waals surface area contributed by atoms with Crippen LogP contribution in [0.15, 0.2) is 27.2 Å². The van der Waals surface area contributed by atoms with Gasteiger partial charge in [0.2, 0.25) is 5.89 Å². The summed E-state index contributed by atoms with van der Waals surface area (Å²) in [5, 5.41) is 6.99. The maximum Gasteiger partial charge on any atom is 0.223 e. The quantitative estimate of drug-likeness (QED) is 0.840. The average molecular weight is 327 g/mol. The van der Waals surface area contributed by atoms with Gasteiger partial charge in [0, 0.05) is 22.6 Å². The number of nitrogens with one attached hydrogen (secondary N) is 1. The molecule has 5 nitrogen and oxygen atoms in total. The van der Waals surface area contributed by atoms with E-state index in [9.17, 15) is 0 Å². The van der Waals surface area contributed by atoms with Crippen LogP contribution in [-0.4, -0.2) is 15.1 Å². The van der Waals surface area contributed by atoms with Gasteiger partial charge in [-0.2, -0.15) is 4.98 Å². The van der Waals surface area contributed by atoms with Crippen molar-refractivity contribution in [3.05, 3.63) is 40.0 Å². The Morgan fingerprint density at radius 2 is 2.33 bits per heavy atom. The van der Waals surface area contributed by atoms with Crippen molar-refractivity contribution >= 4 is 38.8 Å². The summed E-state index contributed by atoms with van der Waals surface area (Å²) in [4.78, 5) is 4.48. The van der Waals surface area contributed by atoms with Crippen molar-refractivity contribution in [2.45, 2.75) is 13.5 Å². The Kier molecular flexibility index (Phi) is 3.93. The third kappa shape index (κ3) is 3.05. The molecule has 0 spiro atoms. The van der Waals surface area contributed by atoms with Crippen molar-refractivity contribution in [3.63, 3.8) is 0 Å². The van der Waals surface area contributed by atoms with Crippen LogP contribution < -0.4 is 11.1 Å². The van der Waals surface area contributed by atoms with Gasteiger partial charge in [0.15, 0.2) is 5.82 Å². The van der Waals surface area contributed by atoms with Crippen LogP contribution >= 0.6 is 28.1 Å². The van der Waals surface area contributed by atoms with Crippen molar-refractivity contribution in [2.24, 2.45) is 5.73 Å². The van der Waals surface area contributed by atoms with Crippen LogP contribution in [0.25, 0.3) is 0 Å². The third-order valence-corrected chi connectivity index (χ3v) is 3.15. The molecular weight excluding hydrogens is 316 g/mol. The van der Waals surface area contributed by atoms with E-state index in [0.717, 1.165) is 15.7 Å². The van der Waals surface area contributed by atoms with Crippen LogP contribution in [0.2, 0.25) is 0 Å². The summed E-state index contributed by atoms with van der Waals surface area (Å²) in [6.07, 6.45) is 0. The molecule has 1 aromatic heterocycles. The Balaban J connectivity index is 2.08. The first-order valence-corrected chi connectivity index (χ1v) is 6.39. The number of nitrogens with two attached hydrogens (primary N) is 1. The molecule has 0 radical (unpaired) electrons. The van der Waals surface area contributed by atoms with Crippen LogP contribution in [0, 0.1) is 6.92 Å². The lowest BCUT2D eigenvalue weighted by Gasteiger charge is -2.08. The van der Waals surface area contributed by atoms with E-state index in [1.54, 1.807) is 6.92 Å². The van der Waals surface area contributed by atoms with E-state index in [4.69, 9.17) is 22.5 Å². The molecule has 2 rings (SSSR count). The summed E-state index contributed by atoms with van der Waals surface area (Å²) in [5.41, 5.74) is 7.29. The number of aryl methyl sites for hydroxylation is 1. The minimum Gasteiger partial charge on any atom is -0.389 e. The highest BCUT2D eigenvalue weighted by atomic mass is 79.9. The molecule has 0 saturated carbocycles. The van der Waals surface area contributed by atoms with Crippen molar-refractivity contribution in [1.82, 2.24) is 10.1 Å². The number of hydrogen-bond acceptors (Lipinski definition) is 5. The monoisotopic (exact) mass is 326 g/mol. The van der Waals surface area contributed by atoms with Gasteiger partial charge in [-0.3, -0.25) is 0 Å². The van der Waals surface area contributed by atoms with Gasteiger partial charge in [0.25, 0.3) is 0 Å². The molecule has 0 unspecified atom stereocenters. The predicted molar refractivity (Wildman–Crippen MR) is 76.4 cm³/mol. The summed E-state index contributed by atoms with van der Waals surface area (Å²) < 4.78 is 5.77. The van der Waals surface area contributed by atoms with Crippen molar-refractivity contribution in [3.8, 4) is 0 Å². The minimum absolute atomic E-state index is 0.371. The topological polar surface area (TPSA) is 77.0 Å². The number of hydrogen-bond donors (Lipinski definition) is 2. The molecular formula is C11H11BrN4OS. The largest absolute Gasteiger partial charge is 0.389 e.